The second-order valence-electron chi connectivity index (χ2n) is 5.30. The van der Waals surface area contributed by atoms with E-state index in [1.807, 2.05) is 12.1 Å². The van der Waals surface area contributed by atoms with Crippen molar-refractivity contribution in [2.45, 2.75) is 51.4 Å². The van der Waals surface area contributed by atoms with Crippen molar-refractivity contribution in [2.75, 3.05) is 0 Å². The number of nitro groups is 1. The molecule has 0 bridgehead atoms. The maximum Gasteiger partial charge on any atom is 0.269 e. The molecule has 0 radical (unpaired) electrons. The monoisotopic (exact) mass is 247 g/mol. The predicted molar refractivity (Wildman–Crippen MR) is 72.7 cm³/mol. The summed E-state index contributed by atoms with van der Waals surface area (Å²) in [4.78, 5) is 10.2. The topological polar surface area (TPSA) is 43.1 Å². The van der Waals surface area contributed by atoms with Crippen LogP contribution in [0.15, 0.2) is 24.3 Å². The molecule has 0 aliphatic heterocycles. The zero-order chi connectivity index (χ0) is 13.0. The van der Waals surface area contributed by atoms with Crippen LogP contribution in [-0.4, -0.2) is 4.92 Å². The lowest BCUT2D eigenvalue weighted by atomic mass is 10.0. The first-order valence-electron chi connectivity index (χ1n) is 6.96. The Bertz CT molecular complexity index is 399. The van der Waals surface area contributed by atoms with Gasteiger partial charge in [-0.15, -0.1) is 0 Å². The molecular weight excluding hydrogens is 226 g/mol. The lowest BCUT2D eigenvalue weighted by Gasteiger charge is -2.01. The van der Waals surface area contributed by atoms with Crippen LogP contribution in [0.25, 0.3) is 0 Å². The van der Waals surface area contributed by atoms with Crippen molar-refractivity contribution in [2.24, 2.45) is 5.92 Å². The van der Waals surface area contributed by atoms with Gasteiger partial charge in [0, 0.05) is 12.1 Å². The highest BCUT2D eigenvalue weighted by Gasteiger charge is 2.37. The molecule has 18 heavy (non-hydrogen) atoms. The van der Waals surface area contributed by atoms with Gasteiger partial charge in [0.1, 0.15) is 0 Å². The van der Waals surface area contributed by atoms with E-state index in [1.54, 1.807) is 12.1 Å². The summed E-state index contributed by atoms with van der Waals surface area (Å²) in [6, 6.07) is 7.10. The molecule has 1 aromatic carbocycles. The van der Waals surface area contributed by atoms with Gasteiger partial charge in [-0.05, 0) is 30.2 Å². The third kappa shape index (κ3) is 3.31. The molecule has 1 fully saturated rings. The van der Waals surface area contributed by atoms with E-state index in [0.29, 0.717) is 5.92 Å². The van der Waals surface area contributed by atoms with E-state index in [-0.39, 0.29) is 10.6 Å². The number of nitro benzene ring substituents is 1. The molecule has 0 spiro atoms. The molecule has 0 saturated heterocycles. The molecular formula is C15H21NO2. The smallest absolute Gasteiger partial charge is 0.258 e. The van der Waals surface area contributed by atoms with Crippen molar-refractivity contribution in [1.29, 1.82) is 0 Å². The number of hydrogen-bond donors (Lipinski definition) is 0. The molecule has 3 heteroatoms. The third-order valence-electron chi connectivity index (χ3n) is 3.88. The fraction of sp³-hybridized carbons (Fsp3) is 0.600. The minimum atomic E-state index is -0.334. The van der Waals surface area contributed by atoms with Crippen molar-refractivity contribution >= 4 is 5.69 Å². The van der Waals surface area contributed by atoms with Crippen LogP contribution < -0.4 is 0 Å². The number of non-ortho nitro benzene ring substituents is 1. The Kier molecular flexibility index (Phi) is 4.34. The van der Waals surface area contributed by atoms with Crippen LogP contribution >= 0.6 is 0 Å². The molecule has 2 atom stereocenters. The standard InChI is InChI=1S/C15H21NO2/c1-2-3-4-5-6-13-11-15(13)12-7-9-14(10-8-12)16(17)18/h7-10,13,15H,2-6,11H2,1H3/t13-,15+/m1/s1. The number of nitrogens with zero attached hydrogens (tertiary/aromatic N) is 1. The zero-order valence-electron chi connectivity index (χ0n) is 11.0. The van der Waals surface area contributed by atoms with E-state index >= 15 is 0 Å². The van der Waals surface area contributed by atoms with Crippen LogP contribution in [0.4, 0.5) is 5.69 Å². The Morgan fingerprint density at radius 1 is 1.22 bits per heavy atom. The maximum atomic E-state index is 10.6. The van der Waals surface area contributed by atoms with Crippen LogP contribution in [-0.2, 0) is 0 Å². The van der Waals surface area contributed by atoms with E-state index in [9.17, 15) is 10.1 Å². The van der Waals surface area contributed by atoms with Crippen LogP contribution in [0.1, 0.15) is 56.9 Å². The van der Waals surface area contributed by atoms with Crippen molar-refractivity contribution in [3.8, 4) is 0 Å². The fourth-order valence-corrected chi connectivity index (χ4v) is 2.65. The predicted octanol–water partition coefficient (Wildman–Crippen LogP) is 4.67. The van der Waals surface area contributed by atoms with Crippen LogP contribution in [0.2, 0.25) is 0 Å². The summed E-state index contributed by atoms with van der Waals surface area (Å²) in [7, 11) is 0. The van der Waals surface area contributed by atoms with Crippen molar-refractivity contribution in [3.05, 3.63) is 39.9 Å². The second-order valence-corrected chi connectivity index (χ2v) is 5.30. The highest BCUT2D eigenvalue weighted by atomic mass is 16.6. The minimum absolute atomic E-state index is 0.193. The van der Waals surface area contributed by atoms with Crippen LogP contribution in [0.5, 0.6) is 0 Å². The zero-order valence-corrected chi connectivity index (χ0v) is 11.0. The summed E-state index contributed by atoms with van der Waals surface area (Å²) in [5.74, 6) is 1.48. The van der Waals surface area contributed by atoms with Crippen molar-refractivity contribution in [1.82, 2.24) is 0 Å². The van der Waals surface area contributed by atoms with Gasteiger partial charge in [0.05, 0.1) is 4.92 Å². The average molecular weight is 247 g/mol. The number of benzene rings is 1. The number of unbranched alkanes of at least 4 members (excludes halogenated alkanes) is 3. The van der Waals surface area contributed by atoms with Gasteiger partial charge in [0.15, 0.2) is 0 Å². The van der Waals surface area contributed by atoms with Gasteiger partial charge in [-0.1, -0.05) is 44.7 Å². The van der Waals surface area contributed by atoms with Crippen LogP contribution in [0.3, 0.4) is 0 Å². The highest BCUT2D eigenvalue weighted by molar-refractivity contribution is 5.36. The lowest BCUT2D eigenvalue weighted by molar-refractivity contribution is -0.384. The van der Waals surface area contributed by atoms with Gasteiger partial charge >= 0.3 is 0 Å². The van der Waals surface area contributed by atoms with E-state index < -0.39 is 0 Å². The molecule has 0 heterocycles. The Morgan fingerprint density at radius 2 is 1.94 bits per heavy atom. The lowest BCUT2D eigenvalue weighted by Crippen LogP contribution is -1.89. The van der Waals surface area contributed by atoms with Gasteiger partial charge in [-0.2, -0.15) is 0 Å². The second kappa shape index (κ2) is 5.98. The quantitative estimate of drug-likeness (QED) is 0.399. The molecule has 0 aromatic heterocycles. The number of hydrogen-bond acceptors (Lipinski definition) is 2. The average Bonchev–Trinajstić information content (AvgIpc) is 3.14. The van der Waals surface area contributed by atoms with E-state index in [2.05, 4.69) is 6.92 Å². The molecule has 1 saturated carbocycles. The van der Waals surface area contributed by atoms with Gasteiger partial charge in [-0.3, -0.25) is 10.1 Å². The van der Waals surface area contributed by atoms with E-state index in [1.165, 1.54) is 44.1 Å². The third-order valence-corrected chi connectivity index (χ3v) is 3.88. The van der Waals surface area contributed by atoms with E-state index in [4.69, 9.17) is 0 Å². The summed E-state index contributed by atoms with van der Waals surface area (Å²) in [5, 5.41) is 10.6. The van der Waals surface area contributed by atoms with Crippen molar-refractivity contribution < 1.29 is 4.92 Å². The Balaban J connectivity index is 1.78. The van der Waals surface area contributed by atoms with Crippen molar-refractivity contribution in [3.63, 3.8) is 0 Å². The summed E-state index contributed by atoms with van der Waals surface area (Å²) >= 11 is 0. The van der Waals surface area contributed by atoms with Gasteiger partial charge in [0.2, 0.25) is 0 Å². The first-order valence-corrected chi connectivity index (χ1v) is 6.96. The first kappa shape index (κ1) is 13.1. The largest absolute Gasteiger partial charge is 0.269 e. The van der Waals surface area contributed by atoms with Gasteiger partial charge < -0.3 is 0 Å². The van der Waals surface area contributed by atoms with Crippen LogP contribution in [0, 0.1) is 16.0 Å². The SMILES string of the molecule is CCCCCC[C@@H]1C[C@H]1c1ccc([N+](=O)[O-])cc1. The normalized spacial score (nSPS) is 21.8. The Morgan fingerprint density at radius 3 is 2.56 bits per heavy atom. The highest BCUT2D eigenvalue weighted by Crippen LogP contribution is 2.50. The molecule has 3 nitrogen and oxygen atoms in total. The summed E-state index contributed by atoms with van der Waals surface area (Å²) in [6.45, 7) is 2.23. The molecule has 98 valence electrons. The van der Waals surface area contributed by atoms with Gasteiger partial charge in [0.25, 0.3) is 5.69 Å². The Hall–Kier alpha value is -1.38. The molecule has 1 aromatic rings. The summed E-state index contributed by atoms with van der Waals surface area (Å²) in [6.07, 6.45) is 7.90. The summed E-state index contributed by atoms with van der Waals surface area (Å²) in [5.41, 5.74) is 1.47. The maximum absolute atomic E-state index is 10.6. The Labute approximate surface area is 108 Å². The van der Waals surface area contributed by atoms with E-state index in [0.717, 1.165) is 5.92 Å². The molecule has 0 unspecified atom stereocenters. The molecule has 0 N–H and O–H groups in total. The molecule has 2 rings (SSSR count). The molecule has 1 aliphatic rings. The number of rotatable bonds is 7. The van der Waals surface area contributed by atoms with Gasteiger partial charge in [-0.25, -0.2) is 0 Å². The molecule has 0 amide bonds. The fourth-order valence-electron chi connectivity index (χ4n) is 2.65. The summed E-state index contributed by atoms with van der Waals surface area (Å²) < 4.78 is 0. The first-order chi connectivity index (χ1) is 8.72. The molecule has 1 aliphatic carbocycles. The minimum Gasteiger partial charge on any atom is -0.258 e.